The monoisotopic (exact) mass is 282 g/mol. The van der Waals surface area contributed by atoms with Gasteiger partial charge in [-0.05, 0) is 39.1 Å². The zero-order chi connectivity index (χ0) is 14.3. The molecule has 0 aliphatic carbocycles. The van der Waals surface area contributed by atoms with Gasteiger partial charge in [-0.3, -0.25) is 0 Å². The number of benzene rings is 1. The second-order valence-electron chi connectivity index (χ2n) is 5.56. The van der Waals surface area contributed by atoms with Crippen LogP contribution in [0.2, 0.25) is 19.6 Å². The van der Waals surface area contributed by atoms with Gasteiger partial charge in [0.2, 0.25) is 0 Å². The summed E-state index contributed by atoms with van der Waals surface area (Å²) in [7, 11) is -1.63. The predicted octanol–water partition coefficient (Wildman–Crippen LogP) is 3.81. The third-order valence-electron chi connectivity index (χ3n) is 2.54. The van der Waals surface area contributed by atoms with Gasteiger partial charge in [-0.15, -0.1) is 0 Å². The number of hydrogen-bond donors (Lipinski definition) is 0. The molecule has 1 rings (SSSR count). The van der Waals surface area contributed by atoms with Gasteiger partial charge in [-0.25, -0.2) is 0 Å². The van der Waals surface area contributed by atoms with E-state index in [2.05, 4.69) is 31.8 Å². The van der Waals surface area contributed by atoms with Gasteiger partial charge in [0, 0.05) is 6.61 Å². The van der Waals surface area contributed by atoms with E-state index in [1.54, 1.807) is 0 Å². The molecule has 108 valence electrons. The molecule has 0 bridgehead atoms. The van der Waals surface area contributed by atoms with Crippen molar-refractivity contribution in [2.24, 2.45) is 0 Å². The Hall–Kier alpha value is -0.683. The summed E-state index contributed by atoms with van der Waals surface area (Å²) in [5.41, 5.74) is 1.16. The normalized spacial score (nSPS) is 15.2. The summed E-state index contributed by atoms with van der Waals surface area (Å²) in [4.78, 5) is 0. The highest BCUT2D eigenvalue weighted by atomic mass is 28.4. The lowest BCUT2D eigenvalue weighted by molar-refractivity contribution is -0.163. The summed E-state index contributed by atoms with van der Waals surface area (Å²) < 4.78 is 17.5. The summed E-state index contributed by atoms with van der Waals surface area (Å²) in [6.07, 6.45) is -0.354. The minimum Gasteiger partial charge on any atom is -0.391 e. The molecule has 2 atom stereocenters. The lowest BCUT2D eigenvalue weighted by atomic mass is 10.2. The first-order valence-electron chi connectivity index (χ1n) is 6.87. The van der Waals surface area contributed by atoms with E-state index in [-0.39, 0.29) is 12.4 Å². The van der Waals surface area contributed by atoms with E-state index in [1.165, 1.54) is 0 Å². The molecule has 0 saturated carbocycles. The number of hydrogen-bond acceptors (Lipinski definition) is 3. The second-order valence-corrected chi connectivity index (χ2v) is 10.0. The van der Waals surface area contributed by atoms with Crippen molar-refractivity contribution in [3.05, 3.63) is 35.9 Å². The number of ether oxygens (including phenoxy) is 2. The highest BCUT2D eigenvalue weighted by Crippen LogP contribution is 2.15. The van der Waals surface area contributed by atoms with Crippen molar-refractivity contribution in [1.29, 1.82) is 0 Å². The van der Waals surface area contributed by atoms with Crippen LogP contribution in [0.3, 0.4) is 0 Å². The average molecular weight is 282 g/mol. The van der Waals surface area contributed by atoms with Crippen LogP contribution >= 0.6 is 0 Å². The zero-order valence-electron chi connectivity index (χ0n) is 12.7. The quantitative estimate of drug-likeness (QED) is 0.536. The van der Waals surface area contributed by atoms with Gasteiger partial charge in [0.05, 0.1) is 6.61 Å². The van der Waals surface area contributed by atoms with Crippen LogP contribution in [0.1, 0.15) is 19.4 Å². The maximum Gasteiger partial charge on any atom is 0.187 e. The second kappa shape index (κ2) is 7.80. The van der Waals surface area contributed by atoms with E-state index < -0.39 is 8.32 Å². The first-order valence-corrected chi connectivity index (χ1v) is 10.3. The molecule has 0 fully saturated rings. The van der Waals surface area contributed by atoms with Crippen LogP contribution in [0.4, 0.5) is 0 Å². The van der Waals surface area contributed by atoms with Gasteiger partial charge in [0.15, 0.2) is 14.6 Å². The Bertz CT molecular complexity index is 348. The van der Waals surface area contributed by atoms with Crippen LogP contribution in [-0.4, -0.2) is 27.3 Å². The van der Waals surface area contributed by atoms with Crippen LogP contribution in [0.5, 0.6) is 0 Å². The van der Waals surface area contributed by atoms with Crippen molar-refractivity contribution in [3.63, 3.8) is 0 Å². The maximum atomic E-state index is 6.02. The third kappa shape index (κ3) is 6.87. The van der Waals surface area contributed by atoms with E-state index >= 15 is 0 Å². The first-order chi connectivity index (χ1) is 8.92. The van der Waals surface area contributed by atoms with Gasteiger partial charge in [0.1, 0.15) is 6.10 Å². The fraction of sp³-hybridized carbons (Fsp3) is 0.600. The Morgan fingerprint density at radius 2 is 1.68 bits per heavy atom. The third-order valence-corrected chi connectivity index (χ3v) is 3.48. The molecule has 0 saturated heterocycles. The molecule has 4 heteroatoms. The molecule has 3 nitrogen and oxygen atoms in total. The van der Waals surface area contributed by atoms with E-state index in [1.807, 2.05) is 32.0 Å². The van der Waals surface area contributed by atoms with E-state index in [4.69, 9.17) is 13.9 Å². The highest BCUT2D eigenvalue weighted by molar-refractivity contribution is 6.69. The Labute approximate surface area is 118 Å². The summed E-state index contributed by atoms with van der Waals surface area (Å²) >= 11 is 0. The van der Waals surface area contributed by atoms with Crippen molar-refractivity contribution in [3.8, 4) is 0 Å². The van der Waals surface area contributed by atoms with Crippen molar-refractivity contribution >= 4 is 8.32 Å². The van der Waals surface area contributed by atoms with E-state index in [0.717, 1.165) is 5.56 Å². The summed E-state index contributed by atoms with van der Waals surface area (Å²) in [6, 6.07) is 10.2. The lowest BCUT2D eigenvalue weighted by Crippen LogP contribution is -2.40. The molecule has 0 spiro atoms. The molecule has 0 heterocycles. The molecule has 1 aromatic rings. The van der Waals surface area contributed by atoms with Crippen molar-refractivity contribution in [2.75, 3.05) is 6.61 Å². The van der Waals surface area contributed by atoms with Crippen LogP contribution < -0.4 is 0 Å². The van der Waals surface area contributed by atoms with Gasteiger partial charge < -0.3 is 13.9 Å². The van der Waals surface area contributed by atoms with E-state index in [0.29, 0.717) is 13.2 Å². The van der Waals surface area contributed by atoms with Crippen LogP contribution in [-0.2, 0) is 20.5 Å². The smallest absolute Gasteiger partial charge is 0.187 e. The molecule has 1 unspecified atom stereocenters. The topological polar surface area (TPSA) is 27.7 Å². The SMILES string of the molecule is CCOC(O[Si](C)(C)C)[C@H](C)OCc1ccccc1. The van der Waals surface area contributed by atoms with Crippen LogP contribution in [0.25, 0.3) is 0 Å². The average Bonchev–Trinajstić information content (AvgIpc) is 2.35. The highest BCUT2D eigenvalue weighted by Gasteiger charge is 2.26. The molecule has 0 aromatic heterocycles. The number of rotatable bonds is 8. The summed E-state index contributed by atoms with van der Waals surface area (Å²) in [6.45, 7) is 11.7. The van der Waals surface area contributed by atoms with Gasteiger partial charge in [-0.2, -0.15) is 0 Å². The molecular formula is C15H26O3Si. The minimum atomic E-state index is -1.63. The molecule has 0 amide bonds. The summed E-state index contributed by atoms with van der Waals surface area (Å²) in [5.74, 6) is 0. The van der Waals surface area contributed by atoms with Gasteiger partial charge in [-0.1, -0.05) is 30.3 Å². The van der Waals surface area contributed by atoms with Crippen molar-refractivity contribution < 1.29 is 13.9 Å². The Morgan fingerprint density at radius 3 is 2.21 bits per heavy atom. The van der Waals surface area contributed by atoms with Crippen molar-refractivity contribution in [2.45, 2.75) is 52.5 Å². The Morgan fingerprint density at radius 1 is 1.05 bits per heavy atom. The largest absolute Gasteiger partial charge is 0.391 e. The lowest BCUT2D eigenvalue weighted by Gasteiger charge is -2.30. The molecule has 19 heavy (non-hydrogen) atoms. The zero-order valence-corrected chi connectivity index (χ0v) is 13.7. The fourth-order valence-electron chi connectivity index (χ4n) is 1.66. The molecular weight excluding hydrogens is 256 g/mol. The minimum absolute atomic E-state index is 0.0770. The first kappa shape index (κ1) is 16.4. The molecule has 0 aliphatic rings. The summed E-state index contributed by atoms with van der Waals surface area (Å²) in [5, 5.41) is 0. The van der Waals surface area contributed by atoms with Gasteiger partial charge in [0.25, 0.3) is 0 Å². The fourth-order valence-corrected chi connectivity index (χ4v) is 2.62. The Kier molecular flexibility index (Phi) is 6.72. The molecule has 0 aliphatic heterocycles. The van der Waals surface area contributed by atoms with Gasteiger partial charge >= 0.3 is 0 Å². The molecule has 0 radical (unpaired) electrons. The molecule has 1 aromatic carbocycles. The van der Waals surface area contributed by atoms with Crippen LogP contribution in [0.15, 0.2) is 30.3 Å². The Balaban J connectivity index is 2.50. The van der Waals surface area contributed by atoms with Crippen molar-refractivity contribution in [1.82, 2.24) is 0 Å². The maximum absolute atomic E-state index is 6.02. The van der Waals surface area contributed by atoms with Crippen LogP contribution in [0, 0.1) is 0 Å². The molecule has 0 N–H and O–H groups in total. The van der Waals surface area contributed by atoms with E-state index in [9.17, 15) is 0 Å². The predicted molar refractivity (Wildman–Crippen MR) is 80.5 cm³/mol. The standard InChI is InChI=1S/C15H26O3Si/c1-6-16-15(18-19(3,4)5)13(2)17-12-14-10-8-7-9-11-14/h7-11,13,15H,6,12H2,1-5H3/t13-,15?/m0/s1.